The molecule has 2 aromatic heterocycles. The Morgan fingerprint density at radius 3 is 2.86 bits per heavy atom. The molecule has 0 saturated carbocycles. The molecule has 0 bridgehead atoms. The molecule has 1 unspecified atom stereocenters. The van der Waals surface area contributed by atoms with Crippen molar-refractivity contribution in [3.8, 4) is 0 Å². The number of nitrogens with zero attached hydrogens (tertiary/aromatic N) is 2. The maximum atomic E-state index is 11.5. The van der Waals surface area contributed by atoms with Crippen LogP contribution < -0.4 is 10.6 Å². The Balaban J connectivity index is 1.67. The molecule has 22 heavy (non-hydrogen) atoms. The Labute approximate surface area is 129 Å². The van der Waals surface area contributed by atoms with Crippen molar-refractivity contribution in [2.75, 3.05) is 22.1 Å². The van der Waals surface area contributed by atoms with Gasteiger partial charge >= 0.3 is 0 Å². The van der Waals surface area contributed by atoms with E-state index in [9.17, 15) is 8.42 Å². The predicted molar refractivity (Wildman–Crippen MR) is 83.5 cm³/mol. The second kappa shape index (κ2) is 5.96. The van der Waals surface area contributed by atoms with E-state index < -0.39 is 9.84 Å². The van der Waals surface area contributed by atoms with Crippen molar-refractivity contribution in [1.29, 1.82) is 0 Å². The van der Waals surface area contributed by atoms with Gasteiger partial charge in [0.05, 0.1) is 24.3 Å². The molecule has 1 aliphatic heterocycles. The van der Waals surface area contributed by atoms with E-state index in [2.05, 4.69) is 20.6 Å². The van der Waals surface area contributed by atoms with Crippen molar-refractivity contribution in [3.63, 3.8) is 0 Å². The summed E-state index contributed by atoms with van der Waals surface area (Å²) in [4.78, 5) is 8.62. The molecule has 0 aromatic carbocycles. The molecular weight excluding hydrogens is 304 g/mol. The molecule has 2 aromatic rings. The van der Waals surface area contributed by atoms with Crippen LogP contribution in [0.5, 0.6) is 0 Å². The van der Waals surface area contributed by atoms with Gasteiger partial charge in [0.2, 0.25) is 0 Å². The maximum Gasteiger partial charge on any atom is 0.152 e. The molecule has 1 saturated heterocycles. The Morgan fingerprint density at radius 2 is 2.18 bits per heavy atom. The highest BCUT2D eigenvalue weighted by molar-refractivity contribution is 7.91. The summed E-state index contributed by atoms with van der Waals surface area (Å²) >= 11 is 0. The number of aryl methyl sites for hydroxylation is 1. The number of aromatic nitrogens is 2. The van der Waals surface area contributed by atoms with Crippen LogP contribution in [0.15, 0.2) is 28.9 Å². The van der Waals surface area contributed by atoms with Gasteiger partial charge in [-0.05, 0) is 25.5 Å². The molecule has 0 spiro atoms. The van der Waals surface area contributed by atoms with Crippen LogP contribution in [-0.2, 0) is 16.4 Å². The van der Waals surface area contributed by atoms with E-state index in [0.29, 0.717) is 30.4 Å². The fourth-order valence-corrected chi connectivity index (χ4v) is 4.11. The zero-order chi connectivity index (χ0) is 15.6. The third-order valence-electron chi connectivity index (χ3n) is 3.45. The second-order valence-electron chi connectivity index (χ2n) is 5.36. The van der Waals surface area contributed by atoms with Crippen LogP contribution in [0.4, 0.5) is 11.6 Å². The van der Waals surface area contributed by atoms with Gasteiger partial charge in [0.1, 0.15) is 23.2 Å². The van der Waals surface area contributed by atoms with Crippen LogP contribution in [0, 0.1) is 6.92 Å². The third-order valence-corrected chi connectivity index (χ3v) is 5.21. The van der Waals surface area contributed by atoms with Crippen molar-refractivity contribution in [2.24, 2.45) is 0 Å². The summed E-state index contributed by atoms with van der Waals surface area (Å²) in [7, 11) is -2.91. The number of sulfone groups is 1. The molecule has 7 nitrogen and oxygen atoms in total. The van der Waals surface area contributed by atoms with Crippen LogP contribution in [0.25, 0.3) is 0 Å². The SMILES string of the molecule is Cc1nc(NCc2ccco2)cc(NC2CCS(=O)(=O)C2)n1. The number of hydrogen-bond acceptors (Lipinski definition) is 7. The number of furan rings is 1. The summed E-state index contributed by atoms with van der Waals surface area (Å²) < 4.78 is 28.3. The molecule has 0 radical (unpaired) electrons. The van der Waals surface area contributed by atoms with Crippen molar-refractivity contribution in [2.45, 2.75) is 25.9 Å². The normalized spacial score (nSPS) is 20.0. The van der Waals surface area contributed by atoms with Crippen molar-refractivity contribution in [3.05, 3.63) is 36.0 Å². The number of nitrogens with one attached hydrogen (secondary N) is 2. The molecule has 1 fully saturated rings. The molecule has 118 valence electrons. The summed E-state index contributed by atoms with van der Waals surface area (Å²) in [5, 5.41) is 6.34. The van der Waals surface area contributed by atoms with Crippen LogP contribution >= 0.6 is 0 Å². The smallest absolute Gasteiger partial charge is 0.152 e. The number of hydrogen-bond donors (Lipinski definition) is 2. The monoisotopic (exact) mass is 322 g/mol. The molecule has 0 amide bonds. The second-order valence-corrected chi connectivity index (χ2v) is 7.59. The first-order chi connectivity index (χ1) is 10.5. The van der Waals surface area contributed by atoms with E-state index in [-0.39, 0.29) is 17.5 Å². The Hall–Kier alpha value is -2.09. The van der Waals surface area contributed by atoms with Crippen LogP contribution in [-0.4, -0.2) is 35.9 Å². The lowest BCUT2D eigenvalue weighted by atomic mass is 10.2. The van der Waals surface area contributed by atoms with Crippen molar-refractivity contribution in [1.82, 2.24) is 9.97 Å². The zero-order valence-electron chi connectivity index (χ0n) is 12.2. The van der Waals surface area contributed by atoms with Crippen LogP contribution in [0.2, 0.25) is 0 Å². The van der Waals surface area contributed by atoms with E-state index in [1.807, 2.05) is 12.1 Å². The lowest BCUT2D eigenvalue weighted by molar-refractivity contribution is 0.517. The first-order valence-corrected chi connectivity index (χ1v) is 8.91. The highest BCUT2D eigenvalue weighted by Crippen LogP contribution is 2.18. The molecule has 3 rings (SSSR count). The fourth-order valence-electron chi connectivity index (χ4n) is 2.44. The van der Waals surface area contributed by atoms with Crippen LogP contribution in [0.3, 0.4) is 0 Å². The molecule has 3 heterocycles. The minimum Gasteiger partial charge on any atom is -0.467 e. The van der Waals surface area contributed by atoms with Gasteiger partial charge < -0.3 is 15.1 Å². The van der Waals surface area contributed by atoms with E-state index in [1.54, 1.807) is 19.3 Å². The lowest BCUT2D eigenvalue weighted by Crippen LogP contribution is -2.21. The highest BCUT2D eigenvalue weighted by atomic mass is 32.2. The van der Waals surface area contributed by atoms with E-state index in [4.69, 9.17) is 4.42 Å². The fraction of sp³-hybridized carbons (Fsp3) is 0.429. The van der Waals surface area contributed by atoms with Gasteiger partial charge in [-0.1, -0.05) is 0 Å². The standard InChI is InChI=1S/C14H18N4O3S/c1-10-16-13(15-8-12-3-2-5-21-12)7-14(17-10)18-11-4-6-22(19,20)9-11/h2-3,5,7,11H,4,6,8-9H2,1H3,(H2,15,16,17,18). The van der Waals surface area contributed by atoms with E-state index in [1.165, 1.54) is 0 Å². The molecule has 8 heteroatoms. The van der Waals surface area contributed by atoms with Crippen LogP contribution in [0.1, 0.15) is 18.0 Å². The average Bonchev–Trinajstić information content (AvgIpc) is 3.05. The Morgan fingerprint density at radius 1 is 1.36 bits per heavy atom. The number of anilines is 2. The molecule has 1 aliphatic rings. The predicted octanol–water partition coefficient (Wildman–Crippen LogP) is 1.59. The molecule has 1 atom stereocenters. The quantitative estimate of drug-likeness (QED) is 0.862. The molecule has 0 aliphatic carbocycles. The maximum absolute atomic E-state index is 11.5. The minimum atomic E-state index is -2.91. The Kier molecular flexibility index (Phi) is 4.02. The van der Waals surface area contributed by atoms with E-state index >= 15 is 0 Å². The molecular formula is C14H18N4O3S. The summed E-state index contributed by atoms with van der Waals surface area (Å²) in [5.41, 5.74) is 0. The van der Waals surface area contributed by atoms with Crippen molar-refractivity contribution >= 4 is 21.5 Å². The van der Waals surface area contributed by atoms with Crippen molar-refractivity contribution < 1.29 is 12.8 Å². The first kappa shape index (κ1) is 14.8. The van der Waals surface area contributed by atoms with Gasteiger partial charge in [-0.25, -0.2) is 18.4 Å². The summed E-state index contributed by atoms with van der Waals surface area (Å²) in [5.74, 6) is 3.13. The van der Waals surface area contributed by atoms with Gasteiger partial charge in [-0.15, -0.1) is 0 Å². The third kappa shape index (κ3) is 3.76. The van der Waals surface area contributed by atoms with Gasteiger partial charge in [0.25, 0.3) is 0 Å². The van der Waals surface area contributed by atoms with E-state index in [0.717, 1.165) is 5.76 Å². The Bertz CT molecular complexity index is 743. The largest absolute Gasteiger partial charge is 0.467 e. The summed E-state index contributed by atoms with van der Waals surface area (Å²) in [6, 6.07) is 5.40. The topological polar surface area (TPSA) is 97.1 Å². The summed E-state index contributed by atoms with van der Waals surface area (Å²) in [6.45, 7) is 2.33. The zero-order valence-corrected chi connectivity index (χ0v) is 13.1. The molecule has 2 N–H and O–H groups in total. The highest BCUT2D eigenvalue weighted by Gasteiger charge is 2.28. The average molecular weight is 322 g/mol. The van der Waals surface area contributed by atoms with Gasteiger partial charge in [0.15, 0.2) is 9.84 Å². The minimum absolute atomic E-state index is 0.0859. The van der Waals surface area contributed by atoms with Gasteiger partial charge in [-0.3, -0.25) is 0 Å². The lowest BCUT2D eigenvalue weighted by Gasteiger charge is -2.13. The van der Waals surface area contributed by atoms with Gasteiger partial charge in [-0.2, -0.15) is 0 Å². The first-order valence-electron chi connectivity index (χ1n) is 7.09. The number of rotatable bonds is 5. The van der Waals surface area contributed by atoms with Gasteiger partial charge in [0, 0.05) is 12.1 Å². The summed E-state index contributed by atoms with van der Waals surface area (Å²) in [6.07, 6.45) is 2.23.